The minimum Gasteiger partial charge on any atom is -0.480 e. The van der Waals surface area contributed by atoms with E-state index in [4.69, 9.17) is 16.6 Å². The van der Waals surface area contributed by atoms with Crippen LogP contribution in [-0.2, 0) is 11.3 Å². The summed E-state index contributed by atoms with van der Waals surface area (Å²) in [5, 5.41) is 8.64. The van der Waals surface area contributed by atoms with E-state index in [2.05, 4.69) is 11.6 Å². The van der Waals surface area contributed by atoms with E-state index in [0.29, 0.717) is 25.2 Å². The molecule has 0 aliphatic carbocycles. The lowest BCUT2D eigenvalue weighted by molar-refractivity contribution is -0.138. The zero-order valence-electron chi connectivity index (χ0n) is 10.7. The van der Waals surface area contributed by atoms with Crippen LogP contribution in [0, 0.1) is 0 Å². The van der Waals surface area contributed by atoms with Gasteiger partial charge in [0.2, 0.25) is 0 Å². The summed E-state index contributed by atoms with van der Waals surface area (Å²) in [5.74, 6) is -0.600. The van der Waals surface area contributed by atoms with Gasteiger partial charge in [-0.1, -0.05) is 36.9 Å². The molecule has 5 nitrogen and oxygen atoms in total. The topological polar surface area (TPSA) is 102 Å². The van der Waals surface area contributed by atoms with Gasteiger partial charge in [0.15, 0.2) is 0 Å². The number of carboxylic acid groups (broad SMARTS) is 1. The first-order valence-corrected chi connectivity index (χ1v) is 6.01. The van der Waals surface area contributed by atoms with Gasteiger partial charge < -0.3 is 16.6 Å². The first kappa shape index (κ1) is 14.9. The summed E-state index contributed by atoms with van der Waals surface area (Å²) in [6.07, 6.45) is 2.45. The number of hydrogen-bond acceptors (Lipinski definition) is 3. The standard InChI is InChI=1S/C14H19N3O2/c1-2-10-3-5-11(6-4-10)9-17-13(16)8-7-12(15)14(18)19/h2-6,12H,1,7-9,15H2,(H2,16,17)(H,18,19)/t12-/m0/s1. The van der Waals surface area contributed by atoms with Crippen LogP contribution in [0.25, 0.3) is 6.08 Å². The van der Waals surface area contributed by atoms with E-state index in [1.54, 1.807) is 6.08 Å². The summed E-state index contributed by atoms with van der Waals surface area (Å²) in [4.78, 5) is 14.7. The van der Waals surface area contributed by atoms with Crippen molar-refractivity contribution >= 4 is 17.9 Å². The van der Waals surface area contributed by atoms with Crippen LogP contribution >= 0.6 is 0 Å². The van der Waals surface area contributed by atoms with Crippen molar-refractivity contribution in [1.29, 1.82) is 0 Å². The molecule has 0 amide bonds. The lowest BCUT2D eigenvalue weighted by atomic mass is 10.1. The maximum absolute atomic E-state index is 10.5. The predicted octanol–water partition coefficient (Wildman–Crippen LogP) is 1.38. The summed E-state index contributed by atoms with van der Waals surface area (Å²) in [6, 6.07) is 6.93. The average Bonchev–Trinajstić information content (AvgIpc) is 2.42. The Morgan fingerprint density at radius 1 is 1.42 bits per heavy atom. The first-order valence-electron chi connectivity index (χ1n) is 6.01. The highest BCUT2D eigenvalue weighted by Gasteiger charge is 2.11. The number of nitrogens with zero attached hydrogens (tertiary/aromatic N) is 1. The number of carbonyl (C=O) groups is 1. The number of amidine groups is 1. The highest BCUT2D eigenvalue weighted by Crippen LogP contribution is 2.07. The number of nitrogens with two attached hydrogens (primary N) is 2. The van der Waals surface area contributed by atoms with Gasteiger partial charge in [0, 0.05) is 6.42 Å². The average molecular weight is 261 g/mol. The Kier molecular flexibility index (Phi) is 5.75. The molecule has 1 aromatic carbocycles. The van der Waals surface area contributed by atoms with Gasteiger partial charge in [-0.2, -0.15) is 0 Å². The highest BCUT2D eigenvalue weighted by atomic mass is 16.4. The normalized spacial score (nSPS) is 13.0. The fourth-order valence-corrected chi connectivity index (χ4v) is 1.46. The number of carboxylic acids is 1. The second kappa shape index (κ2) is 7.33. The third-order valence-corrected chi connectivity index (χ3v) is 2.71. The molecule has 0 aliphatic heterocycles. The lowest BCUT2D eigenvalue weighted by Crippen LogP contribution is -2.31. The van der Waals surface area contributed by atoms with Crippen LogP contribution in [0.1, 0.15) is 24.0 Å². The van der Waals surface area contributed by atoms with Gasteiger partial charge in [-0.05, 0) is 17.5 Å². The number of hydrogen-bond donors (Lipinski definition) is 3. The molecule has 1 rings (SSSR count). The van der Waals surface area contributed by atoms with Crippen molar-refractivity contribution in [3.63, 3.8) is 0 Å². The molecule has 0 bridgehead atoms. The van der Waals surface area contributed by atoms with E-state index in [1.807, 2.05) is 24.3 Å². The fourth-order valence-electron chi connectivity index (χ4n) is 1.46. The number of aliphatic carboxylic acids is 1. The van der Waals surface area contributed by atoms with Gasteiger partial charge in [-0.15, -0.1) is 0 Å². The van der Waals surface area contributed by atoms with Crippen LogP contribution in [0.3, 0.4) is 0 Å². The summed E-state index contributed by atoms with van der Waals surface area (Å²) < 4.78 is 0. The Morgan fingerprint density at radius 2 is 2.05 bits per heavy atom. The van der Waals surface area contributed by atoms with Gasteiger partial charge in [0.25, 0.3) is 0 Å². The van der Waals surface area contributed by atoms with Gasteiger partial charge in [-0.3, -0.25) is 9.79 Å². The molecule has 1 atom stereocenters. The van der Waals surface area contributed by atoms with Crippen molar-refractivity contribution in [3.8, 4) is 0 Å². The second-order valence-electron chi connectivity index (χ2n) is 4.24. The Bertz CT molecular complexity index is 466. The summed E-state index contributed by atoms with van der Waals surface area (Å²) in [7, 11) is 0. The molecule has 0 heterocycles. The SMILES string of the molecule is C=Cc1ccc(CN=C(N)CC[C@H](N)C(=O)O)cc1. The molecule has 5 heteroatoms. The third kappa shape index (κ3) is 5.35. The Balaban J connectivity index is 2.46. The van der Waals surface area contributed by atoms with E-state index in [9.17, 15) is 4.79 Å². The molecule has 0 radical (unpaired) electrons. The van der Waals surface area contributed by atoms with Crippen molar-refractivity contribution in [2.75, 3.05) is 0 Å². The molecule has 0 unspecified atom stereocenters. The maximum atomic E-state index is 10.5. The first-order chi connectivity index (χ1) is 9.02. The van der Waals surface area contributed by atoms with Crippen molar-refractivity contribution in [3.05, 3.63) is 42.0 Å². The predicted molar refractivity (Wildman–Crippen MR) is 76.7 cm³/mol. The van der Waals surface area contributed by atoms with E-state index in [-0.39, 0.29) is 0 Å². The second-order valence-corrected chi connectivity index (χ2v) is 4.24. The molecule has 0 fully saturated rings. The zero-order valence-corrected chi connectivity index (χ0v) is 10.7. The zero-order chi connectivity index (χ0) is 14.3. The molecular weight excluding hydrogens is 242 g/mol. The molecule has 0 aliphatic rings. The molecule has 0 spiro atoms. The Labute approximate surface area is 112 Å². The van der Waals surface area contributed by atoms with Gasteiger partial charge in [0.05, 0.1) is 12.4 Å². The quantitative estimate of drug-likeness (QED) is 0.509. The van der Waals surface area contributed by atoms with Crippen molar-refractivity contribution in [2.45, 2.75) is 25.4 Å². The van der Waals surface area contributed by atoms with Crippen molar-refractivity contribution < 1.29 is 9.90 Å². The van der Waals surface area contributed by atoms with Crippen LogP contribution in [0.2, 0.25) is 0 Å². The van der Waals surface area contributed by atoms with Crippen LogP contribution < -0.4 is 11.5 Å². The summed E-state index contributed by atoms with van der Waals surface area (Å²) >= 11 is 0. The molecule has 0 saturated heterocycles. The molecule has 1 aromatic rings. The van der Waals surface area contributed by atoms with Crippen molar-refractivity contribution in [2.24, 2.45) is 16.5 Å². The van der Waals surface area contributed by atoms with Crippen LogP contribution in [-0.4, -0.2) is 23.0 Å². The van der Waals surface area contributed by atoms with Crippen LogP contribution in [0.4, 0.5) is 0 Å². The number of aliphatic imine (C=N–C) groups is 1. The minimum absolute atomic E-state index is 0.292. The van der Waals surface area contributed by atoms with E-state index < -0.39 is 12.0 Å². The maximum Gasteiger partial charge on any atom is 0.320 e. The smallest absolute Gasteiger partial charge is 0.320 e. The van der Waals surface area contributed by atoms with Crippen LogP contribution in [0.5, 0.6) is 0 Å². The molecule has 0 aromatic heterocycles. The Morgan fingerprint density at radius 3 is 2.58 bits per heavy atom. The van der Waals surface area contributed by atoms with Gasteiger partial charge >= 0.3 is 5.97 Å². The minimum atomic E-state index is -1.02. The highest BCUT2D eigenvalue weighted by molar-refractivity contribution is 5.81. The van der Waals surface area contributed by atoms with Crippen molar-refractivity contribution in [1.82, 2.24) is 0 Å². The van der Waals surface area contributed by atoms with E-state index in [1.165, 1.54) is 0 Å². The third-order valence-electron chi connectivity index (χ3n) is 2.71. The summed E-state index contributed by atoms with van der Waals surface area (Å²) in [5.41, 5.74) is 13.2. The molecule has 19 heavy (non-hydrogen) atoms. The van der Waals surface area contributed by atoms with E-state index >= 15 is 0 Å². The molecule has 0 saturated carbocycles. The van der Waals surface area contributed by atoms with Gasteiger partial charge in [0.1, 0.15) is 6.04 Å². The molecule has 102 valence electrons. The fraction of sp³-hybridized carbons (Fsp3) is 0.286. The Hall–Kier alpha value is -2.14. The summed E-state index contributed by atoms with van der Waals surface area (Å²) in [6.45, 7) is 4.16. The monoisotopic (exact) mass is 261 g/mol. The molecule has 5 N–H and O–H groups in total. The van der Waals surface area contributed by atoms with Gasteiger partial charge in [-0.25, -0.2) is 0 Å². The lowest BCUT2D eigenvalue weighted by Gasteiger charge is -2.05. The molecular formula is C14H19N3O2. The number of benzene rings is 1. The number of rotatable bonds is 7. The van der Waals surface area contributed by atoms with Crippen LogP contribution in [0.15, 0.2) is 35.8 Å². The largest absolute Gasteiger partial charge is 0.480 e. The van der Waals surface area contributed by atoms with E-state index in [0.717, 1.165) is 11.1 Å².